The fourth-order valence-corrected chi connectivity index (χ4v) is 3.42. The lowest BCUT2D eigenvalue weighted by molar-refractivity contribution is 0.0279. The summed E-state index contributed by atoms with van der Waals surface area (Å²) in [6, 6.07) is 5.22. The molecule has 0 spiro atoms. The lowest BCUT2D eigenvalue weighted by atomic mass is 10.2. The fraction of sp³-hybridized carbons (Fsp3) is 0.444. The van der Waals surface area contributed by atoms with Gasteiger partial charge in [-0.2, -0.15) is 5.10 Å². The Hall–Kier alpha value is -2.74. The first-order valence-electron chi connectivity index (χ1n) is 8.75. The van der Waals surface area contributed by atoms with Gasteiger partial charge in [0, 0.05) is 38.9 Å². The molecule has 4 rings (SSSR count). The molecule has 8 nitrogen and oxygen atoms in total. The average Bonchev–Trinajstić information content (AvgIpc) is 2.99. The van der Waals surface area contributed by atoms with Crippen LogP contribution < -0.4 is 10.5 Å². The van der Waals surface area contributed by atoms with Crippen LogP contribution in [0.25, 0.3) is 0 Å². The molecule has 1 saturated heterocycles. The summed E-state index contributed by atoms with van der Waals surface area (Å²) in [5.74, 6) is 0.0384. The van der Waals surface area contributed by atoms with Gasteiger partial charge in [-0.05, 0) is 18.6 Å². The molecule has 136 valence electrons. The topological polar surface area (TPSA) is 80.6 Å². The number of aryl methyl sites for hydroxylation is 1. The van der Waals surface area contributed by atoms with Crippen LogP contribution in [0.3, 0.4) is 0 Å². The maximum Gasteiger partial charge on any atom is 0.268 e. The van der Waals surface area contributed by atoms with E-state index in [1.54, 1.807) is 31.6 Å². The minimum absolute atomic E-state index is 0.0114. The van der Waals surface area contributed by atoms with Gasteiger partial charge in [-0.1, -0.05) is 0 Å². The van der Waals surface area contributed by atoms with Crippen LogP contribution in [0.4, 0.5) is 5.69 Å². The van der Waals surface area contributed by atoms with Gasteiger partial charge in [0.25, 0.3) is 11.5 Å². The number of pyridine rings is 1. The van der Waals surface area contributed by atoms with E-state index in [4.69, 9.17) is 4.74 Å². The molecule has 2 aliphatic rings. The number of morpholine rings is 1. The Morgan fingerprint density at radius 1 is 1.35 bits per heavy atom. The number of aromatic nitrogens is 3. The molecule has 0 bridgehead atoms. The summed E-state index contributed by atoms with van der Waals surface area (Å²) in [4.78, 5) is 32.4. The van der Waals surface area contributed by atoms with Crippen molar-refractivity contribution >= 4 is 11.6 Å². The molecule has 0 saturated carbocycles. The van der Waals surface area contributed by atoms with Gasteiger partial charge < -0.3 is 14.5 Å². The van der Waals surface area contributed by atoms with E-state index in [0.717, 1.165) is 24.3 Å². The zero-order valence-electron chi connectivity index (χ0n) is 14.7. The first kappa shape index (κ1) is 16.7. The van der Waals surface area contributed by atoms with Crippen molar-refractivity contribution in [1.82, 2.24) is 19.7 Å². The number of fused-ring (bicyclic) bond motifs is 1. The number of nitrogens with zero attached hydrogens (tertiary/aromatic N) is 5. The van der Waals surface area contributed by atoms with Gasteiger partial charge in [-0.15, -0.1) is 0 Å². The summed E-state index contributed by atoms with van der Waals surface area (Å²) in [5, 5.41) is 4.08. The van der Waals surface area contributed by atoms with Crippen molar-refractivity contribution in [2.45, 2.75) is 19.1 Å². The third-order valence-corrected chi connectivity index (χ3v) is 4.93. The highest BCUT2D eigenvalue weighted by Gasteiger charge is 2.29. The Morgan fingerprint density at radius 2 is 2.23 bits per heavy atom. The third kappa shape index (κ3) is 3.20. The SMILES string of the molecule is Cn1ncc(N2CCO[C@@H](CCN3Cc4ncccc4C3=O)C2)cc1=O. The standard InChI is InChI=1S/C18H21N5O3/c1-21-17(24)9-13(10-20-21)22-7-8-26-14(11-22)4-6-23-12-16-15(18(23)25)3-2-5-19-16/h2-3,5,9-10,14H,4,6-8,11-12H2,1H3/t14-/m0/s1. The molecular weight excluding hydrogens is 334 g/mol. The zero-order valence-corrected chi connectivity index (χ0v) is 14.7. The Labute approximate surface area is 151 Å². The molecule has 8 heteroatoms. The molecular formula is C18H21N5O3. The van der Waals surface area contributed by atoms with Gasteiger partial charge in [0.05, 0.1) is 42.4 Å². The van der Waals surface area contributed by atoms with E-state index in [9.17, 15) is 9.59 Å². The normalized spacial score (nSPS) is 19.7. The number of rotatable bonds is 4. The quantitative estimate of drug-likeness (QED) is 0.791. The molecule has 2 aromatic heterocycles. The molecule has 0 N–H and O–H groups in total. The summed E-state index contributed by atoms with van der Waals surface area (Å²) >= 11 is 0. The summed E-state index contributed by atoms with van der Waals surface area (Å²) < 4.78 is 7.17. The minimum atomic E-state index is -0.126. The Balaban J connectivity index is 1.36. The van der Waals surface area contributed by atoms with Crippen LogP contribution in [-0.4, -0.2) is 57.9 Å². The van der Waals surface area contributed by atoms with Crippen molar-refractivity contribution in [3.05, 3.63) is 52.2 Å². The number of hydrogen-bond donors (Lipinski definition) is 0. The van der Waals surface area contributed by atoms with Gasteiger partial charge in [0.15, 0.2) is 0 Å². The zero-order chi connectivity index (χ0) is 18.1. The van der Waals surface area contributed by atoms with Crippen LogP contribution in [0.1, 0.15) is 22.5 Å². The first-order valence-corrected chi connectivity index (χ1v) is 8.75. The van der Waals surface area contributed by atoms with E-state index in [1.807, 2.05) is 11.0 Å². The molecule has 1 atom stereocenters. The fourth-order valence-electron chi connectivity index (χ4n) is 3.42. The largest absolute Gasteiger partial charge is 0.374 e. The molecule has 2 aromatic rings. The molecule has 2 aliphatic heterocycles. The number of carbonyl (C=O) groups is 1. The van der Waals surface area contributed by atoms with Gasteiger partial charge in [0.1, 0.15) is 0 Å². The van der Waals surface area contributed by atoms with Crippen molar-refractivity contribution in [3.8, 4) is 0 Å². The summed E-state index contributed by atoms with van der Waals surface area (Å²) in [6.45, 7) is 3.19. The Morgan fingerprint density at radius 3 is 3.04 bits per heavy atom. The smallest absolute Gasteiger partial charge is 0.268 e. The molecule has 0 aromatic carbocycles. The van der Waals surface area contributed by atoms with Gasteiger partial charge in [-0.25, -0.2) is 4.68 Å². The first-order chi connectivity index (χ1) is 12.6. The van der Waals surface area contributed by atoms with Crippen molar-refractivity contribution in [2.24, 2.45) is 7.05 Å². The second-order valence-electron chi connectivity index (χ2n) is 6.63. The second kappa shape index (κ2) is 6.87. The van der Waals surface area contributed by atoms with Crippen molar-refractivity contribution < 1.29 is 9.53 Å². The minimum Gasteiger partial charge on any atom is -0.374 e. The number of anilines is 1. The third-order valence-electron chi connectivity index (χ3n) is 4.93. The number of ether oxygens (including phenoxy) is 1. The molecule has 4 heterocycles. The highest BCUT2D eigenvalue weighted by atomic mass is 16.5. The number of amides is 1. The highest BCUT2D eigenvalue weighted by Crippen LogP contribution is 2.22. The lowest BCUT2D eigenvalue weighted by Crippen LogP contribution is -2.44. The van der Waals surface area contributed by atoms with Crippen LogP contribution in [0.5, 0.6) is 0 Å². The highest BCUT2D eigenvalue weighted by molar-refractivity contribution is 5.97. The van der Waals surface area contributed by atoms with E-state index in [-0.39, 0.29) is 17.6 Å². The maximum absolute atomic E-state index is 12.4. The molecule has 1 fully saturated rings. The van der Waals surface area contributed by atoms with Crippen molar-refractivity contribution in [2.75, 3.05) is 31.1 Å². The van der Waals surface area contributed by atoms with Gasteiger partial charge in [0.2, 0.25) is 0 Å². The second-order valence-corrected chi connectivity index (χ2v) is 6.63. The van der Waals surface area contributed by atoms with E-state index in [1.165, 1.54) is 4.68 Å². The monoisotopic (exact) mass is 355 g/mol. The van der Waals surface area contributed by atoms with Crippen LogP contribution >= 0.6 is 0 Å². The maximum atomic E-state index is 12.4. The molecule has 26 heavy (non-hydrogen) atoms. The summed E-state index contributed by atoms with van der Waals surface area (Å²) in [6.07, 6.45) is 4.18. The van der Waals surface area contributed by atoms with Crippen LogP contribution in [0.2, 0.25) is 0 Å². The van der Waals surface area contributed by atoms with Crippen LogP contribution in [0, 0.1) is 0 Å². The number of hydrogen-bond acceptors (Lipinski definition) is 6. The van der Waals surface area contributed by atoms with Gasteiger partial charge in [-0.3, -0.25) is 14.6 Å². The van der Waals surface area contributed by atoms with Crippen LogP contribution in [-0.2, 0) is 18.3 Å². The summed E-state index contributed by atoms with van der Waals surface area (Å²) in [5.41, 5.74) is 2.23. The lowest BCUT2D eigenvalue weighted by Gasteiger charge is -2.34. The predicted molar refractivity (Wildman–Crippen MR) is 95.0 cm³/mol. The van der Waals surface area contributed by atoms with Crippen molar-refractivity contribution in [3.63, 3.8) is 0 Å². The molecule has 1 amide bonds. The van der Waals surface area contributed by atoms with E-state index in [0.29, 0.717) is 31.8 Å². The van der Waals surface area contributed by atoms with E-state index < -0.39 is 0 Å². The van der Waals surface area contributed by atoms with E-state index in [2.05, 4.69) is 15.0 Å². The van der Waals surface area contributed by atoms with Crippen molar-refractivity contribution in [1.29, 1.82) is 0 Å². The Bertz CT molecular complexity index is 881. The molecule has 0 radical (unpaired) electrons. The Kier molecular flexibility index (Phi) is 4.42. The average molecular weight is 355 g/mol. The molecule has 0 unspecified atom stereocenters. The summed E-state index contributed by atoms with van der Waals surface area (Å²) in [7, 11) is 1.63. The number of carbonyl (C=O) groups excluding carboxylic acids is 1. The predicted octanol–water partition coefficient (Wildman–Crippen LogP) is 0.427. The van der Waals surface area contributed by atoms with E-state index >= 15 is 0 Å². The van der Waals surface area contributed by atoms with Gasteiger partial charge >= 0.3 is 0 Å². The molecule has 0 aliphatic carbocycles. The van der Waals surface area contributed by atoms with Crippen LogP contribution in [0.15, 0.2) is 35.4 Å².